The maximum Gasteiger partial charge on any atom is 0.163 e. The highest BCUT2D eigenvalue weighted by atomic mass is 32.2. The summed E-state index contributed by atoms with van der Waals surface area (Å²) < 4.78 is 35.7. The van der Waals surface area contributed by atoms with Gasteiger partial charge in [0.15, 0.2) is 21.3 Å². The summed E-state index contributed by atoms with van der Waals surface area (Å²) in [6.07, 6.45) is 3.54. The number of hydrogen-bond acceptors (Lipinski definition) is 5. The first-order valence-corrected chi connectivity index (χ1v) is 8.67. The van der Waals surface area contributed by atoms with E-state index in [-0.39, 0.29) is 11.0 Å². The quantitative estimate of drug-likeness (QED) is 0.862. The molecule has 1 aromatic carbocycles. The van der Waals surface area contributed by atoms with Crippen LogP contribution in [0.2, 0.25) is 0 Å². The van der Waals surface area contributed by atoms with Gasteiger partial charge in [0.25, 0.3) is 0 Å². The van der Waals surface area contributed by atoms with Crippen LogP contribution in [0.5, 0.6) is 11.5 Å². The first-order valence-electron chi connectivity index (χ1n) is 6.96. The fourth-order valence-electron chi connectivity index (χ4n) is 2.85. The van der Waals surface area contributed by atoms with Gasteiger partial charge in [0, 0.05) is 11.8 Å². The van der Waals surface area contributed by atoms with Crippen LogP contribution in [-0.4, -0.2) is 26.9 Å². The standard InChI is InChI=1S/C14H19NO4S/c15-12-8-14-13(18-5-6-19-14)7-10(12)9-20(16,17)11-3-1-2-4-11/h7-8,11H,1-6,9,15H2. The van der Waals surface area contributed by atoms with E-state index in [1.807, 2.05) is 0 Å². The lowest BCUT2D eigenvalue weighted by Crippen LogP contribution is -2.21. The summed E-state index contributed by atoms with van der Waals surface area (Å²) in [4.78, 5) is 0. The van der Waals surface area contributed by atoms with Crippen molar-refractivity contribution in [3.63, 3.8) is 0 Å². The molecule has 6 heteroatoms. The minimum Gasteiger partial charge on any atom is -0.486 e. The molecule has 2 aliphatic rings. The first kappa shape index (κ1) is 13.5. The molecule has 0 amide bonds. The summed E-state index contributed by atoms with van der Waals surface area (Å²) >= 11 is 0. The van der Waals surface area contributed by atoms with Gasteiger partial charge in [0.2, 0.25) is 0 Å². The van der Waals surface area contributed by atoms with E-state index in [0.717, 1.165) is 25.7 Å². The van der Waals surface area contributed by atoms with Crippen LogP contribution in [0.3, 0.4) is 0 Å². The fourth-order valence-corrected chi connectivity index (χ4v) is 4.82. The SMILES string of the molecule is Nc1cc2c(cc1CS(=O)(=O)C1CCCC1)OCCO2. The lowest BCUT2D eigenvalue weighted by atomic mass is 10.2. The van der Waals surface area contributed by atoms with E-state index >= 15 is 0 Å². The second-order valence-corrected chi connectivity index (χ2v) is 7.69. The number of nitrogen functional groups attached to an aromatic ring is 1. The molecule has 1 aliphatic heterocycles. The predicted molar refractivity (Wildman–Crippen MR) is 76.7 cm³/mol. The average Bonchev–Trinajstić information content (AvgIpc) is 2.94. The fraction of sp³-hybridized carbons (Fsp3) is 0.571. The zero-order valence-corrected chi connectivity index (χ0v) is 12.1. The van der Waals surface area contributed by atoms with Gasteiger partial charge in [-0.2, -0.15) is 0 Å². The molecule has 1 heterocycles. The summed E-state index contributed by atoms with van der Waals surface area (Å²) in [5.74, 6) is 1.16. The molecule has 3 rings (SSSR count). The molecule has 0 spiro atoms. The van der Waals surface area contributed by atoms with E-state index in [1.54, 1.807) is 12.1 Å². The number of hydrogen-bond donors (Lipinski definition) is 1. The van der Waals surface area contributed by atoms with Gasteiger partial charge >= 0.3 is 0 Å². The van der Waals surface area contributed by atoms with Crippen molar-refractivity contribution in [3.8, 4) is 11.5 Å². The molecule has 20 heavy (non-hydrogen) atoms. The molecule has 0 aromatic heterocycles. The molecule has 1 aliphatic carbocycles. The molecule has 0 bridgehead atoms. The van der Waals surface area contributed by atoms with Gasteiger partial charge in [-0.25, -0.2) is 8.42 Å². The molecule has 1 saturated carbocycles. The Morgan fingerprint density at radius 1 is 1.10 bits per heavy atom. The zero-order valence-electron chi connectivity index (χ0n) is 11.3. The number of benzene rings is 1. The van der Waals surface area contributed by atoms with Crippen molar-refractivity contribution < 1.29 is 17.9 Å². The van der Waals surface area contributed by atoms with E-state index < -0.39 is 9.84 Å². The van der Waals surface area contributed by atoms with Gasteiger partial charge in [-0.05, 0) is 24.5 Å². The highest BCUT2D eigenvalue weighted by molar-refractivity contribution is 7.91. The third-order valence-electron chi connectivity index (χ3n) is 3.97. The van der Waals surface area contributed by atoms with Crippen molar-refractivity contribution in [3.05, 3.63) is 17.7 Å². The predicted octanol–water partition coefficient (Wildman–Crippen LogP) is 1.90. The lowest BCUT2D eigenvalue weighted by molar-refractivity contribution is 0.171. The van der Waals surface area contributed by atoms with Gasteiger partial charge in [0.1, 0.15) is 13.2 Å². The number of sulfone groups is 1. The van der Waals surface area contributed by atoms with Crippen molar-refractivity contribution in [1.29, 1.82) is 0 Å². The summed E-state index contributed by atoms with van der Waals surface area (Å²) in [6.45, 7) is 0.970. The Labute approximate surface area is 119 Å². The van der Waals surface area contributed by atoms with Gasteiger partial charge in [-0.1, -0.05) is 12.8 Å². The van der Waals surface area contributed by atoms with E-state index in [9.17, 15) is 8.42 Å². The van der Waals surface area contributed by atoms with Crippen LogP contribution < -0.4 is 15.2 Å². The van der Waals surface area contributed by atoms with Gasteiger partial charge in [-0.15, -0.1) is 0 Å². The Bertz CT molecular complexity index is 606. The highest BCUT2D eigenvalue weighted by Crippen LogP contribution is 2.36. The van der Waals surface area contributed by atoms with Crippen molar-refractivity contribution >= 4 is 15.5 Å². The summed E-state index contributed by atoms with van der Waals surface area (Å²) in [7, 11) is -3.14. The summed E-state index contributed by atoms with van der Waals surface area (Å²) in [6, 6.07) is 3.37. The van der Waals surface area contributed by atoms with Crippen molar-refractivity contribution in [2.24, 2.45) is 0 Å². The lowest BCUT2D eigenvalue weighted by Gasteiger charge is -2.20. The number of ether oxygens (including phenoxy) is 2. The molecule has 0 atom stereocenters. The number of nitrogens with two attached hydrogens (primary N) is 1. The van der Waals surface area contributed by atoms with Crippen LogP contribution in [0, 0.1) is 0 Å². The maximum atomic E-state index is 12.4. The second-order valence-electron chi connectivity index (χ2n) is 5.41. The van der Waals surface area contributed by atoms with E-state index in [0.29, 0.717) is 36.0 Å². The maximum absolute atomic E-state index is 12.4. The number of rotatable bonds is 3. The van der Waals surface area contributed by atoms with Crippen molar-refractivity contribution in [2.75, 3.05) is 18.9 Å². The molecule has 0 unspecified atom stereocenters. The molecule has 0 saturated heterocycles. The Balaban J connectivity index is 1.87. The zero-order chi connectivity index (χ0) is 14.2. The molecule has 0 radical (unpaired) electrons. The van der Waals surface area contributed by atoms with E-state index in [4.69, 9.17) is 15.2 Å². The van der Waals surface area contributed by atoms with Crippen molar-refractivity contribution in [2.45, 2.75) is 36.7 Å². The molecule has 1 aromatic rings. The summed E-state index contributed by atoms with van der Waals surface area (Å²) in [5, 5.41) is -0.213. The Hall–Kier alpha value is -1.43. The molecule has 2 N–H and O–H groups in total. The molecular formula is C14H19NO4S. The average molecular weight is 297 g/mol. The molecular weight excluding hydrogens is 278 g/mol. The highest BCUT2D eigenvalue weighted by Gasteiger charge is 2.29. The number of fused-ring (bicyclic) bond motifs is 1. The third-order valence-corrected chi connectivity index (χ3v) is 6.17. The first-order chi connectivity index (χ1) is 9.56. The largest absolute Gasteiger partial charge is 0.486 e. The van der Waals surface area contributed by atoms with Gasteiger partial charge < -0.3 is 15.2 Å². The van der Waals surface area contributed by atoms with Gasteiger partial charge in [0.05, 0.1) is 11.0 Å². The minimum absolute atomic E-state index is 0.0138. The van der Waals surface area contributed by atoms with Crippen LogP contribution >= 0.6 is 0 Å². The smallest absolute Gasteiger partial charge is 0.163 e. The van der Waals surface area contributed by atoms with Crippen LogP contribution in [0.4, 0.5) is 5.69 Å². The van der Waals surface area contributed by atoms with E-state index in [2.05, 4.69) is 0 Å². The summed E-state index contributed by atoms with van der Waals surface area (Å²) in [5.41, 5.74) is 7.02. The second kappa shape index (κ2) is 5.16. The van der Waals surface area contributed by atoms with E-state index in [1.165, 1.54) is 0 Å². The Morgan fingerprint density at radius 2 is 1.70 bits per heavy atom. The van der Waals surface area contributed by atoms with Crippen molar-refractivity contribution in [1.82, 2.24) is 0 Å². The monoisotopic (exact) mass is 297 g/mol. The molecule has 5 nitrogen and oxygen atoms in total. The molecule has 110 valence electrons. The van der Waals surface area contributed by atoms with Gasteiger partial charge in [-0.3, -0.25) is 0 Å². The van der Waals surface area contributed by atoms with Crippen LogP contribution in [-0.2, 0) is 15.6 Å². The minimum atomic E-state index is -3.14. The van der Waals surface area contributed by atoms with Crippen LogP contribution in [0.15, 0.2) is 12.1 Å². The van der Waals surface area contributed by atoms with Crippen LogP contribution in [0.1, 0.15) is 31.2 Å². The Kier molecular flexibility index (Phi) is 3.50. The normalized spacial score (nSPS) is 19.2. The Morgan fingerprint density at radius 3 is 2.35 bits per heavy atom. The third kappa shape index (κ3) is 2.57. The van der Waals surface area contributed by atoms with Crippen LogP contribution in [0.25, 0.3) is 0 Å². The number of anilines is 1. The molecule has 1 fully saturated rings. The topological polar surface area (TPSA) is 78.6 Å².